The number of sulfonamides is 1. The van der Waals surface area contributed by atoms with Crippen LogP contribution in [0.15, 0.2) is 59.9 Å². The normalized spacial score (nSPS) is 14.8. The van der Waals surface area contributed by atoms with Gasteiger partial charge in [0, 0.05) is 61.8 Å². The highest BCUT2D eigenvalue weighted by Crippen LogP contribution is 2.29. The molecule has 0 unspecified atom stereocenters. The van der Waals surface area contributed by atoms with Gasteiger partial charge in [0.05, 0.1) is 24.0 Å². The van der Waals surface area contributed by atoms with Gasteiger partial charge >= 0.3 is 0 Å². The number of nitrogens with one attached hydrogen (secondary N) is 4. The second-order valence-electron chi connectivity index (χ2n) is 8.49. The van der Waals surface area contributed by atoms with Crippen molar-refractivity contribution in [2.45, 2.75) is 4.90 Å². The minimum Gasteiger partial charge on any atom is -0.395 e. The van der Waals surface area contributed by atoms with Crippen LogP contribution >= 0.6 is 0 Å². The Kier molecular flexibility index (Phi) is 7.42. The van der Waals surface area contributed by atoms with E-state index in [1.165, 1.54) is 4.31 Å². The number of nitrogens with zero attached hydrogens (tertiary/aromatic N) is 4. The lowest BCUT2D eigenvalue weighted by Gasteiger charge is -2.27. The van der Waals surface area contributed by atoms with Crippen LogP contribution in [0.4, 0.5) is 17.3 Å². The summed E-state index contributed by atoms with van der Waals surface area (Å²) in [4.78, 5) is 8.95. The number of aliphatic hydroxyl groups excluding tert-OH is 1. The fourth-order valence-corrected chi connectivity index (χ4v) is 5.72. The Hall–Kier alpha value is -3.84. The summed E-state index contributed by atoms with van der Waals surface area (Å²) < 4.78 is 27.9. The van der Waals surface area contributed by atoms with E-state index in [1.54, 1.807) is 36.8 Å². The molecule has 2 aromatic carbocycles. The van der Waals surface area contributed by atoms with Gasteiger partial charge in [0.1, 0.15) is 4.90 Å². The molecule has 1 aliphatic rings. The lowest BCUT2D eigenvalue weighted by atomic mass is 10.1. The van der Waals surface area contributed by atoms with Crippen molar-refractivity contribution in [2.24, 2.45) is 0 Å². The van der Waals surface area contributed by atoms with Crippen LogP contribution in [0.1, 0.15) is 11.1 Å². The van der Waals surface area contributed by atoms with E-state index >= 15 is 0 Å². The Morgan fingerprint density at radius 2 is 1.86 bits per heavy atom. The quantitative estimate of drug-likeness (QED) is 0.224. The number of rotatable bonds is 9. The molecule has 0 atom stereocenters. The maximum Gasteiger partial charge on any atom is 0.245 e. The van der Waals surface area contributed by atoms with Gasteiger partial charge in [0.25, 0.3) is 0 Å². The van der Waals surface area contributed by atoms with Crippen LogP contribution in [0, 0.1) is 0 Å². The summed E-state index contributed by atoms with van der Waals surface area (Å²) in [6, 6.07) is 10.9. The third kappa shape index (κ3) is 5.62. The molecule has 4 aromatic rings. The summed E-state index contributed by atoms with van der Waals surface area (Å²) in [5, 5.41) is 26.7. The van der Waals surface area contributed by atoms with E-state index in [0.717, 1.165) is 22.0 Å². The van der Waals surface area contributed by atoms with Crippen molar-refractivity contribution in [1.82, 2.24) is 29.8 Å². The second-order valence-corrected chi connectivity index (χ2v) is 10.4. The number of hydrogen-bond donors (Lipinski definition) is 5. The Balaban J connectivity index is 1.33. The first-order valence-corrected chi connectivity index (χ1v) is 13.4. The van der Waals surface area contributed by atoms with Crippen LogP contribution in [0.25, 0.3) is 23.1 Å². The van der Waals surface area contributed by atoms with E-state index in [4.69, 9.17) is 0 Å². The number of aromatic nitrogens is 4. The van der Waals surface area contributed by atoms with Gasteiger partial charge < -0.3 is 21.1 Å². The summed E-state index contributed by atoms with van der Waals surface area (Å²) in [6.45, 7) is 2.14. The number of hydrogen-bond acceptors (Lipinski definition) is 9. The number of aromatic amines is 1. The van der Waals surface area contributed by atoms with Crippen LogP contribution in [0.3, 0.4) is 0 Å². The van der Waals surface area contributed by atoms with Crippen LogP contribution < -0.4 is 16.0 Å². The van der Waals surface area contributed by atoms with Crippen molar-refractivity contribution in [2.75, 3.05) is 50.0 Å². The monoisotopic (exact) mass is 520 g/mol. The molecule has 1 saturated heterocycles. The molecule has 5 N–H and O–H groups in total. The van der Waals surface area contributed by atoms with E-state index in [1.807, 2.05) is 30.4 Å². The third-order valence-electron chi connectivity index (χ3n) is 6.00. The summed E-state index contributed by atoms with van der Waals surface area (Å²) in [5.41, 5.74) is 3.86. The average molecular weight is 521 g/mol. The van der Waals surface area contributed by atoms with Crippen molar-refractivity contribution >= 4 is 50.4 Å². The molecule has 3 heterocycles. The van der Waals surface area contributed by atoms with E-state index in [0.29, 0.717) is 43.5 Å². The van der Waals surface area contributed by atoms with Gasteiger partial charge in [-0.3, -0.25) is 5.10 Å². The van der Waals surface area contributed by atoms with Gasteiger partial charge in [-0.1, -0.05) is 24.3 Å². The highest BCUT2D eigenvalue weighted by atomic mass is 32.2. The molecule has 0 aliphatic carbocycles. The van der Waals surface area contributed by atoms with Gasteiger partial charge in [0.15, 0.2) is 0 Å². The molecule has 192 valence electrons. The molecule has 11 nitrogen and oxygen atoms in total. The Morgan fingerprint density at radius 1 is 1.05 bits per heavy atom. The molecule has 1 fully saturated rings. The largest absolute Gasteiger partial charge is 0.395 e. The summed E-state index contributed by atoms with van der Waals surface area (Å²) in [5.74, 6) is 0.375. The number of anilines is 3. The van der Waals surface area contributed by atoms with Crippen LogP contribution in [-0.2, 0) is 10.0 Å². The van der Waals surface area contributed by atoms with Crippen molar-refractivity contribution in [3.8, 4) is 0 Å². The summed E-state index contributed by atoms with van der Waals surface area (Å²) >= 11 is 0. The first-order chi connectivity index (χ1) is 18.0. The number of benzene rings is 2. The molecule has 12 heteroatoms. The number of fused-ring (bicyclic) bond motifs is 1. The predicted octanol–water partition coefficient (Wildman–Crippen LogP) is 2.26. The zero-order valence-electron chi connectivity index (χ0n) is 20.1. The van der Waals surface area contributed by atoms with Crippen LogP contribution in [-0.4, -0.2) is 77.3 Å². The molecule has 0 radical (unpaired) electrons. The topological polar surface area (TPSA) is 148 Å². The van der Waals surface area contributed by atoms with E-state index in [2.05, 4.69) is 36.1 Å². The van der Waals surface area contributed by atoms with Gasteiger partial charge in [-0.15, -0.1) is 0 Å². The number of piperazine rings is 1. The molecule has 0 spiro atoms. The maximum atomic E-state index is 13.2. The standard InChI is InChI=1S/C25H28N8O3S/c34-13-10-27-23-14-20(6-7-24(23)37(35,36)33-11-8-26-9-12-33)31-25-28-15-18(16-29-25)4-5-19-2-1-3-22-21(19)17-30-32-22/h1-7,14-17,26-27,34H,8-13H2,(H,30,32)(H,28,29,31). The van der Waals surface area contributed by atoms with E-state index < -0.39 is 10.0 Å². The zero-order valence-corrected chi connectivity index (χ0v) is 20.9. The minimum atomic E-state index is -3.68. The zero-order chi connectivity index (χ0) is 25.7. The average Bonchev–Trinajstić information content (AvgIpc) is 3.42. The SMILES string of the molecule is O=S(=O)(c1ccc(Nc2ncc(C=Cc3cccc4[nH]ncc34)cn2)cc1NCCO)N1CCNCC1. The van der Waals surface area contributed by atoms with E-state index in [-0.39, 0.29) is 18.0 Å². The lowest BCUT2D eigenvalue weighted by molar-refractivity contribution is 0.311. The fraction of sp³-hybridized carbons (Fsp3) is 0.240. The highest BCUT2D eigenvalue weighted by Gasteiger charge is 2.28. The summed E-state index contributed by atoms with van der Waals surface area (Å²) in [6.07, 6.45) is 9.12. The number of H-pyrrole nitrogens is 1. The van der Waals surface area contributed by atoms with Crippen LogP contribution in [0.2, 0.25) is 0 Å². The van der Waals surface area contributed by atoms with Gasteiger partial charge in [0.2, 0.25) is 16.0 Å². The van der Waals surface area contributed by atoms with Gasteiger partial charge in [-0.25, -0.2) is 18.4 Å². The Bertz CT molecular complexity index is 1500. The van der Waals surface area contributed by atoms with Crippen molar-refractivity contribution in [3.63, 3.8) is 0 Å². The van der Waals surface area contributed by atoms with E-state index in [9.17, 15) is 13.5 Å². The van der Waals surface area contributed by atoms with Gasteiger partial charge in [-0.2, -0.15) is 9.40 Å². The summed E-state index contributed by atoms with van der Waals surface area (Å²) in [7, 11) is -3.68. The minimum absolute atomic E-state index is 0.127. The molecule has 0 saturated carbocycles. The van der Waals surface area contributed by atoms with Crippen molar-refractivity contribution in [3.05, 3.63) is 66.1 Å². The Morgan fingerprint density at radius 3 is 2.65 bits per heavy atom. The molecule has 37 heavy (non-hydrogen) atoms. The Labute approximate surface area is 214 Å². The van der Waals surface area contributed by atoms with Gasteiger partial charge in [-0.05, 0) is 29.8 Å². The first-order valence-electron chi connectivity index (χ1n) is 11.9. The van der Waals surface area contributed by atoms with Crippen LogP contribution in [0.5, 0.6) is 0 Å². The maximum absolute atomic E-state index is 13.2. The molecule has 2 aromatic heterocycles. The molecule has 1 aliphatic heterocycles. The first kappa shape index (κ1) is 24.8. The highest BCUT2D eigenvalue weighted by molar-refractivity contribution is 7.89. The number of aliphatic hydroxyl groups is 1. The molecule has 0 amide bonds. The fourth-order valence-electron chi connectivity index (χ4n) is 4.13. The molecular formula is C25H28N8O3S. The lowest BCUT2D eigenvalue weighted by Crippen LogP contribution is -2.46. The van der Waals surface area contributed by atoms with Crippen molar-refractivity contribution in [1.29, 1.82) is 0 Å². The molecular weight excluding hydrogens is 492 g/mol. The molecule has 5 rings (SSSR count). The molecule has 0 bridgehead atoms. The third-order valence-corrected chi connectivity index (χ3v) is 7.96. The second kappa shape index (κ2) is 11.0. The van der Waals surface area contributed by atoms with Crippen molar-refractivity contribution < 1.29 is 13.5 Å². The predicted molar refractivity (Wildman–Crippen MR) is 144 cm³/mol. The smallest absolute Gasteiger partial charge is 0.245 e.